The summed E-state index contributed by atoms with van der Waals surface area (Å²) in [4.78, 5) is 48.0. The molecule has 0 aliphatic carbocycles. The number of rotatable bonds is 7. The van der Waals surface area contributed by atoms with Gasteiger partial charge in [-0.2, -0.15) is 5.10 Å². The summed E-state index contributed by atoms with van der Waals surface area (Å²) in [6.45, 7) is 0.379. The second-order valence-electron chi connectivity index (χ2n) is 8.60. The minimum atomic E-state index is -0.536. The average Bonchev–Trinajstić information content (AvgIpc) is 3.52. The normalized spacial score (nSPS) is 11.2. The fourth-order valence-electron chi connectivity index (χ4n) is 4.11. The third-order valence-corrected chi connectivity index (χ3v) is 6.07. The number of para-hydroxylation sites is 1. The summed E-state index contributed by atoms with van der Waals surface area (Å²) >= 11 is 0. The van der Waals surface area contributed by atoms with E-state index >= 15 is 0 Å². The van der Waals surface area contributed by atoms with Gasteiger partial charge in [0.25, 0.3) is 5.56 Å². The lowest BCUT2D eigenvalue weighted by Crippen LogP contribution is -2.28. The van der Waals surface area contributed by atoms with Crippen LogP contribution < -0.4 is 11.2 Å². The third kappa shape index (κ3) is 4.48. The highest BCUT2D eigenvalue weighted by Crippen LogP contribution is 2.25. The molecule has 2 N–H and O–H groups in total. The first-order chi connectivity index (χ1) is 17.4. The van der Waals surface area contributed by atoms with E-state index in [0.717, 1.165) is 22.5 Å². The van der Waals surface area contributed by atoms with Crippen LogP contribution in [-0.4, -0.2) is 47.2 Å². The Labute approximate surface area is 205 Å². The lowest BCUT2D eigenvalue weighted by atomic mass is 10.1. The lowest BCUT2D eigenvalue weighted by Gasteiger charge is -2.17. The number of carbonyl (C=O) groups excluding carboxylic acids is 1. The molecule has 0 unspecified atom stereocenters. The maximum absolute atomic E-state index is 13.0. The Hall–Kier alpha value is -4.73. The largest absolute Gasteiger partial charge is 0.341 e. The quantitative estimate of drug-likeness (QED) is 0.368. The van der Waals surface area contributed by atoms with Crippen molar-refractivity contribution < 1.29 is 4.79 Å². The lowest BCUT2D eigenvalue weighted by molar-refractivity contribution is -0.130. The van der Waals surface area contributed by atoms with Crippen LogP contribution in [0.15, 0.2) is 76.4 Å². The van der Waals surface area contributed by atoms with Gasteiger partial charge >= 0.3 is 5.69 Å². The second kappa shape index (κ2) is 9.49. The van der Waals surface area contributed by atoms with Gasteiger partial charge in [0.05, 0.1) is 11.4 Å². The molecule has 0 aliphatic heterocycles. The number of carbonyl (C=O) groups is 1. The second-order valence-corrected chi connectivity index (χ2v) is 8.60. The summed E-state index contributed by atoms with van der Waals surface area (Å²) in [6, 6.07) is 19.7. The van der Waals surface area contributed by atoms with Crippen LogP contribution in [0.25, 0.3) is 28.1 Å². The number of amides is 1. The van der Waals surface area contributed by atoms with Crippen molar-refractivity contribution >= 4 is 17.1 Å². The standard InChI is InChI=1S/C26H25N7O3/c1-31(21(34)14-13-20-27-23-24(28-20)32(2)26(36)29-25(23)35)15-18-16-33(19-11-7-4-8-12-19)30-22(18)17-9-5-3-6-10-17/h3-12,16H,13-15H2,1-2H3,(H,27,28)(H,29,35,36). The molecule has 0 atom stereocenters. The number of imidazole rings is 1. The molecule has 10 nitrogen and oxygen atoms in total. The zero-order chi connectivity index (χ0) is 25.2. The van der Waals surface area contributed by atoms with Gasteiger partial charge < -0.3 is 9.88 Å². The first kappa shape index (κ1) is 23.0. The van der Waals surface area contributed by atoms with Gasteiger partial charge in [-0.25, -0.2) is 14.5 Å². The number of benzene rings is 2. The predicted octanol–water partition coefficient (Wildman–Crippen LogP) is 2.39. The molecule has 5 aromatic rings. The minimum Gasteiger partial charge on any atom is -0.341 e. The topological polar surface area (TPSA) is 122 Å². The highest BCUT2D eigenvalue weighted by atomic mass is 16.2. The number of H-pyrrole nitrogens is 2. The van der Waals surface area contributed by atoms with E-state index in [2.05, 4.69) is 15.0 Å². The Morgan fingerprint density at radius 2 is 1.69 bits per heavy atom. The van der Waals surface area contributed by atoms with Crippen molar-refractivity contribution in [3.63, 3.8) is 0 Å². The maximum Gasteiger partial charge on any atom is 0.329 e. The number of aryl methyl sites for hydroxylation is 2. The first-order valence-corrected chi connectivity index (χ1v) is 11.5. The van der Waals surface area contributed by atoms with Gasteiger partial charge in [0.2, 0.25) is 5.91 Å². The van der Waals surface area contributed by atoms with Crippen LogP contribution in [0.5, 0.6) is 0 Å². The summed E-state index contributed by atoms with van der Waals surface area (Å²) in [5.74, 6) is 0.394. The number of aromatic nitrogens is 6. The molecular weight excluding hydrogens is 458 g/mol. The van der Waals surface area contributed by atoms with Crippen LogP contribution in [0.4, 0.5) is 0 Å². The fraction of sp³-hybridized carbons (Fsp3) is 0.192. The molecule has 0 bridgehead atoms. The summed E-state index contributed by atoms with van der Waals surface area (Å²) in [5, 5.41) is 4.81. The Kier molecular flexibility index (Phi) is 6.07. The van der Waals surface area contributed by atoms with E-state index in [-0.39, 0.29) is 23.5 Å². The number of nitrogens with one attached hydrogen (secondary N) is 2. The third-order valence-electron chi connectivity index (χ3n) is 6.07. The smallest absolute Gasteiger partial charge is 0.329 e. The van der Waals surface area contributed by atoms with Crippen molar-refractivity contribution in [1.29, 1.82) is 0 Å². The van der Waals surface area contributed by atoms with E-state index in [4.69, 9.17) is 5.10 Å². The number of hydrogen-bond donors (Lipinski definition) is 2. The fourth-order valence-corrected chi connectivity index (χ4v) is 4.11. The summed E-state index contributed by atoms with van der Waals surface area (Å²) in [6.07, 6.45) is 2.45. The van der Waals surface area contributed by atoms with E-state index in [0.29, 0.717) is 18.8 Å². The maximum atomic E-state index is 13.0. The van der Waals surface area contributed by atoms with Crippen molar-refractivity contribution in [3.05, 3.63) is 99.1 Å². The molecule has 1 amide bonds. The Morgan fingerprint density at radius 1 is 1.00 bits per heavy atom. The molecule has 0 saturated heterocycles. The Morgan fingerprint density at radius 3 is 2.42 bits per heavy atom. The summed E-state index contributed by atoms with van der Waals surface area (Å²) in [7, 11) is 3.29. The van der Waals surface area contributed by atoms with E-state index in [9.17, 15) is 14.4 Å². The average molecular weight is 484 g/mol. The minimum absolute atomic E-state index is 0.0790. The molecule has 0 saturated carbocycles. The molecule has 3 heterocycles. The Bertz CT molecular complexity index is 1650. The molecule has 10 heteroatoms. The first-order valence-electron chi connectivity index (χ1n) is 11.5. The van der Waals surface area contributed by atoms with Gasteiger partial charge in [-0.1, -0.05) is 48.5 Å². The van der Waals surface area contributed by atoms with Crippen LogP contribution >= 0.6 is 0 Å². The number of hydrogen-bond acceptors (Lipinski definition) is 5. The van der Waals surface area contributed by atoms with Gasteiger partial charge in [-0.3, -0.25) is 19.1 Å². The molecule has 5 rings (SSSR count). The zero-order valence-electron chi connectivity index (χ0n) is 19.9. The SMILES string of the molecule is CN(Cc1cn(-c2ccccc2)nc1-c1ccccc1)C(=O)CCc1nc2c([nH]1)c(=O)[nH]c(=O)n2C. The van der Waals surface area contributed by atoms with E-state index in [1.807, 2.05) is 71.5 Å². The van der Waals surface area contributed by atoms with Crippen LogP contribution in [0.3, 0.4) is 0 Å². The highest BCUT2D eigenvalue weighted by molar-refractivity contribution is 5.77. The van der Waals surface area contributed by atoms with Crippen molar-refractivity contribution in [3.8, 4) is 16.9 Å². The highest BCUT2D eigenvalue weighted by Gasteiger charge is 2.18. The predicted molar refractivity (Wildman–Crippen MR) is 136 cm³/mol. The molecule has 3 aromatic heterocycles. The molecule has 0 radical (unpaired) electrons. The summed E-state index contributed by atoms with van der Waals surface area (Å²) in [5.41, 5.74) is 3.06. The van der Waals surface area contributed by atoms with Gasteiger partial charge in [-0.15, -0.1) is 0 Å². The van der Waals surface area contributed by atoms with Gasteiger partial charge in [0, 0.05) is 50.8 Å². The van der Waals surface area contributed by atoms with E-state index in [1.54, 1.807) is 11.9 Å². The van der Waals surface area contributed by atoms with Crippen molar-refractivity contribution in [1.82, 2.24) is 34.2 Å². The van der Waals surface area contributed by atoms with Crippen molar-refractivity contribution in [2.75, 3.05) is 7.05 Å². The monoisotopic (exact) mass is 483 g/mol. The van der Waals surface area contributed by atoms with Crippen LogP contribution in [0.1, 0.15) is 17.8 Å². The van der Waals surface area contributed by atoms with E-state index < -0.39 is 11.2 Å². The Balaban J connectivity index is 1.35. The number of aromatic amines is 2. The zero-order valence-corrected chi connectivity index (χ0v) is 19.9. The van der Waals surface area contributed by atoms with Gasteiger partial charge in [0.15, 0.2) is 5.65 Å². The van der Waals surface area contributed by atoms with Crippen molar-refractivity contribution in [2.45, 2.75) is 19.4 Å². The molecule has 2 aromatic carbocycles. The molecule has 36 heavy (non-hydrogen) atoms. The number of fused-ring (bicyclic) bond motifs is 1. The van der Waals surface area contributed by atoms with E-state index in [1.165, 1.54) is 11.6 Å². The molecule has 0 aliphatic rings. The van der Waals surface area contributed by atoms with Crippen molar-refractivity contribution in [2.24, 2.45) is 7.05 Å². The van der Waals surface area contributed by atoms with Gasteiger partial charge in [0.1, 0.15) is 11.3 Å². The molecular formula is C26H25N7O3. The van der Waals surface area contributed by atoms with Crippen LogP contribution in [0.2, 0.25) is 0 Å². The van der Waals surface area contributed by atoms with Crippen LogP contribution in [-0.2, 0) is 24.8 Å². The van der Waals surface area contributed by atoms with Crippen LogP contribution in [0, 0.1) is 0 Å². The molecule has 182 valence electrons. The van der Waals surface area contributed by atoms with Gasteiger partial charge in [-0.05, 0) is 12.1 Å². The summed E-state index contributed by atoms with van der Waals surface area (Å²) < 4.78 is 3.09. The molecule has 0 spiro atoms. The number of nitrogens with zero attached hydrogens (tertiary/aromatic N) is 5. The molecule has 0 fully saturated rings.